The SMILES string of the molecule is CN(C)C(=O)[C@H](CCCCN(C(=N)NC(=O)OC(C)(C)C)C(=O)OC(C)(C)C)CC(=O)[C@H](CCc1ccc(CCCCN=C(N)NC(=O)c2nc(Cl)c(N)nc2N)cc1)N(C)C.S.S. The molecule has 1 heterocycles. The summed E-state index contributed by atoms with van der Waals surface area (Å²) in [6, 6.07) is 7.82. The summed E-state index contributed by atoms with van der Waals surface area (Å²) >= 11 is 5.85. The van der Waals surface area contributed by atoms with Crippen molar-refractivity contribution in [2.75, 3.05) is 52.7 Å². The average molecular weight is 956 g/mol. The van der Waals surface area contributed by atoms with E-state index in [0.717, 1.165) is 35.3 Å². The number of aliphatic imine (C=N–C) groups is 1. The number of nitrogen functional groups attached to an aromatic ring is 2. The van der Waals surface area contributed by atoms with Crippen LogP contribution >= 0.6 is 38.6 Å². The molecule has 4 amide bonds. The van der Waals surface area contributed by atoms with Crippen molar-refractivity contribution in [1.29, 1.82) is 5.41 Å². The van der Waals surface area contributed by atoms with E-state index in [4.69, 9.17) is 43.7 Å². The van der Waals surface area contributed by atoms with Crippen LogP contribution in [0, 0.1) is 11.3 Å². The largest absolute Gasteiger partial charge is 0.444 e. The number of ketones is 1. The van der Waals surface area contributed by atoms with Crippen molar-refractivity contribution in [3.05, 3.63) is 46.2 Å². The molecule has 64 heavy (non-hydrogen) atoms. The predicted octanol–water partition coefficient (Wildman–Crippen LogP) is 4.98. The minimum atomic E-state index is -0.881. The maximum Gasteiger partial charge on any atom is 0.417 e. The molecule has 1 aromatic heterocycles. The molecule has 0 saturated carbocycles. The van der Waals surface area contributed by atoms with E-state index in [0.29, 0.717) is 38.6 Å². The number of nitrogens with zero attached hydrogens (tertiary/aromatic N) is 6. The van der Waals surface area contributed by atoms with E-state index in [-0.39, 0.29) is 80.1 Å². The van der Waals surface area contributed by atoms with Crippen LogP contribution in [0.4, 0.5) is 21.2 Å². The zero-order valence-electron chi connectivity index (χ0n) is 38.9. The molecule has 2 rings (SSSR count). The number of carbonyl (C=O) groups is 5. The van der Waals surface area contributed by atoms with Gasteiger partial charge in [0, 0.05) is 39.5 Å². The summed E-state index contributed by atoms with van der Waals surface area (Å²) in [4.78, 5) is 81.2. The van der Waals surface area contributed by atoms with Gasteiger partial charge in [-0.05, 0) is 112 Å². The molecule has 1 aromatic carbocycles. The van der Waals surface area contributed by atoms with Gasteiger partial charge in [-0.25, -0.2) is 24.5 Å². The number of carbonyl (C=O) groups excluding carboxylic acids is 5. The molecule has 0 fully saturated rings. The van der Waals surface area contributed by atoms with E-state index in [1.165, 1.54) is 4.90 Å². The smallest absolute Gasteiger partial charge is 0.417 e. The number of benzene rings is 1. The van der Waals surface area contributed by atoms with Crippen LogP contribution in [0.1, 0.15) is 108 Å². The number of amides is 4. The van der Waals surface area contributed by atoms with Crippen LogP contribution in [0.5, 0.6) is 0 Å². The Morgan fingerprint density at radius 2 is 1.39 bits per heavy atom. The van der Waals surface area contributed by atoms with Crippen molar-refractivity contribution in [1.82, 2.24) is 35.3 Å². The van der Waals surface area contributed by atoms with Crippen LogP contribution in [0.2, 0.25) is 5.15 Å². The Balaban J connectivity index is 0.0000198. The lowest BCUT2D eigenvalue weighted by atomic mass is 9.90. The number of hydrogen-bond acceptors (Lipinski definition) is 14. The minimum Gasteiger partial charge on any atom is -0.444 e. The molecule has 0 saturated heterocycles. The number of aromatic nitrogens is 2. The molecule has 2 atom stereocenters. The first kappa shape index (κ1) is 59.1. The number of anilines is 2. The Labute approximate surface area is 396 Å². The number of nitrogens with two attached hydrogens (primary N) is 3. The van der Waals surface area contributed by atoms with Gasteiger partial charge in [0.05, 0.1) is 6.04 Å². The van der Waals surface area contributed by atoms with E-state index in [1.807, 2.05) is 19.0 Å². The summed E-state index contributed by atoms with van der Waals surface area (Å²) in [5.41, 5.74) is 17.5. The number of Topliss-reactive ketones (excluding diaryl/α,β-unsaturated/α-hetero) is 1. The van der Waals surface area contributed by atoms with Gasteiger partial charge in [0.1, 0.15) is 11.2 Å². The zero-order valence-corrected chi connectivity index (χ0v) is 41.6. The van der Waals surface area contributed by atoms with Crippen molar-refractivity contribution in [2.24, 2.45) is 16.6 Å². The van der Waals surface area contributed by atoms with Gasteiger partial charge in [-0.1, -0.05) is 42.3 Å². The summed E-state index contributed by atoms with van der Waals surface area (Å²) in [7, 11) is 7.02. The van der Waals surface area contributed by atoms with E-state index in [1.54, 1.807) is 55.6 Å². The monoisotopic (exact) mass is 954 g/mol. The van der Waals surface area contributed by atoms with Crippen LogP contribution in [0.3, 0.4) is 0 Å². The van der Waals surface area contributed by atoms with Gasteiger partial charge in [-0.2, -0.15) is 27.0 Å². The number of aryl methyl sites for hydroxylation is 2. The third-order valence-electron chi connectivity index (χ3n) is 9.17. The lowest BCUT2D eigenvalue weighted by Gasteiger charge is -2.28. The number of ether oxygens (including phenoxy) is 2. The molecule has 0 aliphatic heterocycles. The predicted molar refractivity (Wildman–Crippen MR) is 261 cm³/mol. The highest BCUT2D eigenvalue weighted by Crippen LogP contribution is 2.22. The molecule has 9 N–H and O–H groups in total. The lowest BCUT2D eigenvalue weighted by Crippen LogP contribution is -2.49. The number of hydrogen-bond donors (Lipinski definition) is 6. The molecular weight excluding hydrogens is 884 g/mol. The number of likely N-dealkylation sites (N-methyl/N-ethyl adjacent to an activating group) is 1. The third kappa shape index (κ3) is 21.7. The number of alkyl carbamates (subject to hydrolysis) is 1. The van der Waals surface area contributed by atoms with Gasteiger partial charge in [0.15, 0.2) is 34.2 Å². The second kappa shape index (κ2) is 27.5. The zero-order chi connectivity index (χ0) is 46.9. The summed E-state index contributed by atoms with van der Waals surface area (Å²) in [5.74, 6) is -2.34. The molecule has 0 bridgehead atoms. The fourth-order valence-corrected chi connectivity index (χ4v) is 6.27. The Hall–Kier alpha value is -4.86. The van der Waals surface area contributed by atoms with Crippen molar-refractivity contribution in [3.8, 4) is 0 Å². The highest BCUT2D eigenvalue weighted by Gasteiger charge is 2.30. The molecule has 0 unspecified atom stereocenters. The van der Waals surface area contributed by atoms with E-state index in [2.05, 4.69) is 49.9 Å². The van der Waals surface area contributed by atoms with Gasteiger partial charge in [-0.15, -0.1) is 0 Å². The highest BCUT2D eigenvalue weighted by atomic mass is 35.5. The van der Waals surface area contributed by atoms with Crippen molar-refractivity contribution >= 4 is 91.9 Å². The first-order valence-electron chi connectivity index (χ1n) is 20.5. The molecule has 22 heteroatoms. The molecule has 360 valence electrons. The number of halogens is 1. The Morgan fingerprint density at radius 1 is 0.812 bits per heavy atom. The maximum absolute atomic E-state index is 13.8. The normalized spacial score (nSPS) is 12.5. The molecular formula is C42H71ClN12O7S2. The van der Waals surface area contributed by atoms with Crippen LogP contribution in [0.15, 0.2) is 29.3 Å². The Kier molecular flexibility index (Phi) is 25.4. The second-order valence-corrected chi connectivity index (χ2v) is 17.7. The summed E-state index contributed by atoms with van der Waals surface area (Å²) < 4.78 is 10.7. The summed E-state index contributed by atoms with van der Waals surface area (Å²) in [6.45, 7) is 10.6. The fourth-order valence-electron chi connectivity index (χ4n) is 6.14. The van der Waals surface area contributed by atoms with Gasteiger partial charge in [0.2, 0.25) is 11.9 Å². The van der Waals surface area contributed by atoms with E-state index < -0.39 is 47.2 Å². The van der Waals surface area contributed by atoms with Crippen LogP contribution in [-0.2, 0) is 31.9 Å². The standard InChI is InChI=1S/C42H67ClN12O7.2H2S/c1-41(2,3)61-39(59)52-38(47)55(40(60)62-42(4,5)6)24-14-12-16-28(36(58)54(9)10)25-30(56)29(53(7)8)22-21-27-19-17-26(18-20-27)15-11-13-23-48-37(46)51-35(57)31-33(44)50-34(45)32(43)49-31;;/h17-20,28-29H,11-16,21-25H2,1-10H3,(H4,44,45,50)(H2,47,52,59)(H3,46,48,51,57);2*1H2/t28-,29+;;/m1../s1. The van der Waals surface area contributed by atoms with Gasteiger partial charge < -0.3 is 31.6 Å². The van der Waals surface area contributed by atoms with Crippen molar-refractivity contribution in [2.45, 2.75) is 117 Å². The maximum atomic E-state index is 13.8. The molecule has 2 aromatic rings. The average Bonchev–Trinajstić information content (AvgIpc) is 3.14. The molecule has 0 radical (unpaired) electrons. The van der Waals surface area contributed by atoms with Crippen LogP contribution in [-0.4, -0.2) is 125 Å². The van der Waals surface area contributed by atoms with Crippen LogP contribution < -0.4 is 27.8 Å². The summed E-state index contributed by atoms with van der Waals surface area (Å²) in [6.07, 6.45) is 3.15. The van der Waals surface area contributed by atoms with Gasteiger partial charge in [0.25, 0.3) is 5.91 Å². The quantitative estimate of drug-likeness (QED) is 0.0617. The van der Waals surface area contributed by atoms with Crippen LogP contribution in [0.25, 0.3) is 0 Å². The number of guanidine groups is 2. The highest BCUT2D eigenvalue weighted by molar-refractivity contribution is 7.59. The molecule has 0 aliphatic rings. The van der Waals surface area contributed by atoms with Gasteiger partial charge in [-0.3, -0.25) is 40.3 Å². The Morgan fingerprint density at radius 3 is 1.94 bits per heavy atom. The number of unbranched alkanes of at least 4 members (excludes halogenated alkanes) is 2. The second-order valence-electron chi connectivity index (χ2n) is 17.3. The summed E-state index contributed by atoms with van der Waals surface area (Å²) in [5, 5.41) is 13.0. The van der Waals surface area contributed by atoms with Crippen molar-refractivity contribution < 1.29 is 33.4 Å². The van der Waals surface area contributed by atoms with Crippen molar-refractivity contribution in [3.63, 3.8) is 0 Å². The number of rotatable bonds is 19. The third-order valence-corrected chi connectivity index (χ3v) is 9.44. The topological polar surface area (TPSA) is 278 Å². The first-order valence-corrected chi connectivity index (χ1v) is 20.9. The van der Waals surface area contributed by atoms with Gasteiger partial charge >= 0.3 is 12.2 Å². The molecule has 19 nitrogen and oxygen atoms in total. The van der Waals surface area contributed by atoms with E-state index in [9.17, 15) is 24.0 Å². The van der Waals surface area contributed by atoms with E-state index >= 15 is 0 Å². The molecule has 0 spiro atoms. The lowest BCUT2D eigenvalue weighted by molar-refractivity contribution is -0.137. The minimum absolute atomic E-state index is 0. The Bertz CT molecular complexity index is 1910. The first-order chi connectivity index (χ1) is 28.8. The molecule has 0 aliphatic carbocycles. The fraction of sp³-hybridized carbons (Fsp3) is 0.595. The number of nitrogens with one attached hydrogen (secondary N) is 3.